The number of anilines is 2. The van der Waals surface area contributed by atoms with E-state index < -0.39 is 0 Å². The third-order valence-corrected chi connectivity index (χ3v) is 4.23. The van der Waals surface area contributed by atoms with E-state index in [1.54, 1.807) is 0 Å². The van der Waals surface area contributed by atoms with Crippen LogP contribution in [0.5, 0.6) is 0 Å². The number of fused-ring (bicyclic) bond motifs is 1. The molecule has 1 aliphatic rings. The van der Waals surface area contributed by atoms with Gasteiger partial charge in [0.25, 0.3) is 0 Å². The lowest BCUT2D eigenvalue weighted by molar-refractivity contribution is 0.644. The van der Waals surface area contributed by atoms with E-state index in [4.69, 9.17) is 0 Å². The van der Waals surface area contributed by atoms with Crippen molar-refractivity contribution in [2.24, 2.45) is 0 Å². The fourth-order valence-corrected chi connectivity index (χ4v) is 3.15. The Labute approximate surface area is 127 Å². The maximum Gasteiger partial charge on any atom is 0.0769 e. The molecule has 1 aromatic heterocycles. The van der Waals surface area contributed by atoms with Gasteiger partial charge in [0, 0.05) is 20.3 Å². The maximum absolute atomic E-state index is 4.28. The van der Waals surface area contributed by atoms with E-state index in [0.717, 1.165) is 5.69 Å². The molecule has 21 heavy (non-hydrogen) atoms. The molecule has 0 aliphatic heterocycles. The number of aryl methyl sites for hydroxylation is 1. The number of rotatable bonds is 3. The highest BCUT2D eigenvalue weighted by Gasteiger charge is 2.19. The summed E-state index contributed by atoms with van der Waals surface area (Å²) >= 11 is 0. The molecule has 0 saturated carbocycles. The summed E-state index contributed by atoms with van der Waals surface area (Å²) in [5, 5.41) is 3.72. The van der Waals surface area contributed by atoms with Crippen molar-refractivity contribution >= 4 is 11.4 Å². The summed E-state index contributed by atoms with van der Waals surface area (Å²) in [5.74, 6) is 0. The molecule has 1 N–H and O–H groups in total. The zero-order chi connectivity index (χ0) is 14.7. The minimum Gasteiger partial charge on any atom is -0.376 e. The van der Waals surface area contributed by atoms with Gasteiger partial charge in [0.1, 0.15) is 0 Å². The normalized spacial score (nSPS) is 17.7. The third kappa shape index (κ3) is 3.02. The zero-order valence-corrected chi connectivity index (χ0v) is 12.8. The molecule has 1 unspecified atom stereocenters. The number of nitrogens with zero attached hydrogens (tertiary/aromatic N) is 2. The van der Waals surface area contributed by atoms with Crippen molar-refractivity contribution in [3.8, 4) is 0 Å². The van der Waals surface area contributed by atoms with Crippen molar-refractivity contribution in [1.82, 2.24) is 4.98 Å². The Morgan fingerprint density at radius 3 is 2.86 bits per heavy atom. The molecule has 1 aromatic carbocycles. The second-order valence-electron chi connectivity index (χ2n) is 5.93. The van der Waals surface area contributed by atoms with Crippen LogP contribution in [0.1, 0.15) is 36.4 Å². The van der Waals surface area contributed by atoms with Gasteiger partial charge in [0.15, 0.2) is 0 Å². The lowest BCUT2D eigenvalue weighted by atomic mass is 9.99. The molecule has 1 atom stereocenters. The summed E-state index contributed by atoms with van der Waals surface area (Å²) in [6, 6.07) is 11.3. The first-order chi connectivity index (χ1) is 10.3. The van der Waals surface area contributed by atoms with Gasteiger partial charge in [-0.1, -0.05) is 30.7 Å². The van der Waals surface area contributed by atoms with E-state index in [1.807, 2.05) is 12.4 Å². The van der Waals surface area contributed by atoms with Gasteiger partial charge in [-0.2, -0.15) is 0 Å². The monoisotopic (exact) mass is 281 g/mol. The average Bonchev–Trinajstić information content (AvgIpc) is 2.70. The van der Waals surface area contributed by atoms with Crippen LogP contribution in [0.25, 0.3) is 0 Å². The van der Waals surface area contributed by atoms with Crippen LogP contribution in [0.3, 0.4) is 0 Å². The molecule has 0 fully saturated rings. The van der Waals surface area contributed by atoms with Gasteiger partial charge < -0.3 is 10.2 Å². The number of hydrogen-bond donors (Lipinski definition) is 1. The fraction of sp³-hybridized carbons (Fsp3) is 0.389. The number of benzene rings is 1. The number of hydrogen-bond acceptors (Lipinski definition) is 3. The predicted molar refractivity (Wildman–Crippen MR) is 88.9 cm³/mol. The first kappa shape index (κ1) is 13.9. The third-order valence-electron chi connectivity index (χ3n) is 4.23. The van der Waals surface area contributed by atoms with Crippen LogP contribution >= 0.6 is 0 Å². The summed E-state index contributed by atoms with van der Waals surface area (Å²) in [6.07, 6.45) is 8.71. The van der Waals surface area contributed by atoms with Crippen LogP contribution in [-0.2, 0) is 6.42 Å². The van der Waals surface area contributed by atoms with Crippen LogP contribution in [0.2, 0.25) is 0 Å². The standard InChI is InChI=1S/C18H23N3/c1-21(2)18-11-12-19-13-17(18)20-16-10-6-4-8-14-7-3-5-9-15(14)16/h3,5,7,9,11-13,16,20H,4,6,8,10H2,1-2H3. The van der Waals surface area contributed by atoms with Crippen molar-refractivity contribution in [2.75, 3.05) is 24.3 Å². The summed E-state index contributed by atoms with van der Waals surface area (Å²) in [7, 11) is 4.14. The summed E-state index contributed by atoms with van der Waals surface area (Å²) in [5.41, 5.74) is 5.24. The van der Waals surface area contributed by atoms with Gasteiger partial charge in [0.05, 0.1) is 23.6 Å². The molecule has 1 aliphatic carbocycles. The second-order valence-corrected chi connectivity index (χ2v) is 5.93. The molecule has 3 heteroatoms. The highest BCUT2D eigenvalue weighted by molar-refractivity contribution is 5.68. The largest absolute Gasteiger partial charge is 0.376 e. The summed E-state index contributed by atoms with van der Waals surface area (Å²) in [4.78, 5) is 6.42. The Balaban J connectivity index is 1.91. The molecular weight excluding hydrogens is 258 g/mol. The van der Waals surface area contributed by atoms with Crippen LogP contribution < -0.4 is 10.2 Å². The zero-order valence-electron chi connectivity index (χ0n) is 12.8. The molecular formula is C18H23N3. The predicted octanol–water partition coefficient (Wildman–Crippen LogP) is 4.03. The molecule has 3 nitrogen and oxygen atoms in total. The Morgan fingerprint density at radius 2 is 2.00 bits per heavy atom. The SMILES string of the molecule is CN(C)c1ccncc1NC1CCCCc2ccccc21. The summed E-state index contributed by atoms with van der Waals surface area (Å²) in [6.45, 7) is 0. The van der Waals surface area contributed by atoms with Gasteiger partial charge in [0.2, 0.25) is 0 Å². The number of nitrogens with one attached hydrogen (secondary N) is 1. The molecule has 0 saturated heterocycles. The first-order valence-electron chi connectivity index (χ1n) is 7.71. The maximum atomic E-state index is 4.28. The Morgan fingerprint density at radius 1 is 1.14 bits per heavy atom. The Hall–Kier alpha value is -2.03. The summed E-state index contributed by atoms with van der Waals surface area (Å²) < 4.78 is 0. The minimum atomic E-state index is 0.381. The molecule has 0 spiro atoms. The van der Waals surface area contributed by atoms with Gasteiger partial charge in [-0.15, -0.1) is 0 Å². The number of aromatic nitrogens is 1. The van der Waals surface area contributed by atoms with Crippen molar-refractivity contribution < 1.29 is 0 Å². The molecule has 2 aromatic rings. The van der Waals surface area contributed by atoms with Crippen molar-refractivity contribution in [3.05, 3.63) is 53.9 Å². The molecule has 110 valence electrons. The smallest absolute Gasteiger partial charge is 0.0769 e. The van der Waals surface area contributed by atoms with E-state index in [9.17, 15) is 0 Å². The lowest BCUT2D eigenvalue weighted by Gasteiger charge is -2.24. The average molecular weight is 281 g/mol. The van der Waals surface area contributed by atoms with E-state index >= 15 is 0 Å². The topological polar surface area (TPSA) is 28.2 Å². The fourth-order valence-electron chi connectivity index (χ4n) is 3.15. The highest BCUT2D eigenvalue weighted by atomic mass is 15.1. The van der Waals surface area contributed by atoms with Gasteiger partial charge >= 0.3 is 0 Å². The minimum absolute atomic E-state index is 0.381. The molecule has 0 amide bonds. The molecule has 0 bridgehead atoms. The van der Waals surface area contributed by atoms with E-state index in [1.165, 1.54) is 42.5 Å². The van der Waals surface area contributed by atoms with Crippen LogP contribution in [-0.4, -0.2) is 19.1 Å². The Kier molecular flexibility index (Phi) is 4.09. The second kappa shape index (κ2) is 6.17. The van der Waals surface area contributed by atoms with Crippen LogP contribution in [0.15, 0.2) is 42.7 Å². The van der Waals surface area contributed by atoms with Crippen LogP contribution in [0.4, 0.5) is 11.4 Å². The first-order valence-corrected chi connectivity index (χ1v) is 7.71. The van der Waals surface area contributed by atoms with Crippen molar-refractivity contribution in [1.29, 1.82) is 0 Å². The quantitative estimate of drug-likeness (QED) is 0.861. The molecule has 1 heterocycles. The van der Waals surface area contributed by atoms with Crippen LogP contribution in [0, 0.1) is 0 Å². The highest BCUT2D eigenvalue weighted by Crippen LogP contribution is 2.33. The number of pyridine rings is 1. The van der Waals surface area contributed by atoms with Gasteiger partial charge in [-0.3, -0.25) is 4.98 Å². The van der Waals surface area contributed by atoms with Crippen molar-refractivity contribution in [2.45, 2.75) is 31.7 Å². The van der Waals surface area contributed by atoms with Gasteiger partial charge in [-0.25, -0.2) is 0 Å². The van der Waals surface area contributed by atoms with Crippen molar-refractivity contribution in [3.63, 3.8) is 0 Å². The van der Waals surface area contributed by atoms with Gasteiger partial charge in [-0.05, 0) is 36.5 Å². The molecule has 3 rings (SSSR count). The lowest BCUT2D eigenvalue weighted by Crippen LogP contribution is -2.16. The van der Waals surface area contributed by atoms with E-state index in [2.05, 4.69) is 59.6 Å². The molecule has 0 radical (unpaired) electrons. The Bertz CT molecular complexity index is 607. The van der Waals surface area contributed by atoms with E-state index in [-0.39, 0.29) is 0 Å². The van der Waals surface area contributed by atoms with E-state index in [0.29, 0.717) is 6.04 Å².